The third kappa shape index (κ3) is 43.6. The molecule has 0 aromatic heterocycles. The van der Waals surface area contributed by atoms with Gasteiger partial charge in [-0.1, -0.05) is 96.3 Å². The molecule has 0 radical (unpaired) electrons. The minimum absolute atomic E-state index is 0.0465. The molecule has 0 atom stereocenters. The van der Waals surface area contributed by atoms with Crippen molar-refractivity contribution in [1.29, 1.82) is 0 Å². The van der Waals surface area contributed by atoms with Crippen molar-refractivity contribution in [3.05, 3.63) is 77.4 Å². The maximum atomic E-state index is 5.83. The zero-order chi connectivity index (χ0) is 89.1. The van der Waals surface area contributed by atoms with E-state index in [-0.39, 0.29) is 45.7 Å². The number of ether oxygens (including phenoxy) is 1. The van der Waals surface area contributed by atoms with E-state index in [9.17, 15) is 0 Å². The molecule has 127 heavy (non-hydrogen) atoms. The fraction of sp³-hybridized carbons (Fsp3) is 0.848. The number of aromatic hydroxyl groups is 1. The summed E-state index contributed by atoms with van der Waals surface area (Å²) in [5.74, 6) is 0.975. The van der Waals surface area contributed by atoms with Gasteiger partial charge in [-0.25, -0.2) is 0 Å². The number of benzene rings is 2. The number of halogens is 6. The van der Waals surface area contributed by atoms with Crippen LogP contribution in [0.25, 0.3) is 0 Å². The Kier molecular flexibility index (Phi) is 60.6. The second-order valence-electron chi connectivity index (χ2n) is 43.9. The summed E-state index contributed by atoms with van der Waals surface area (Å²) >= 11 is -4.88. The molecule has 15 saturated carbocycles. The third-order valence-corrected chi connectivity index (χ3v) is 62.4. The van der Waals surface area contributed by atoms with Gasteiger partial charge in [-0.05, 0) is 385 Å². The van der Waals surface area contributed by atoms with Crippen LogP contribution in [0.2, 0.25) is 0 Å². The van der Waals surface area contributed by atoms with Crippen LogP contribution >= 0.6 is 97.8 Å². The van der Waals surface area contributed by atoms with Crippen molar-refractivity contribution in [2.45, 2.75) is 600 Å². The summed E-state index contributed by atoms with van der Waals surface area (Å²) in [6.45, 7) is 8.13. The first-order valence-corrected chi connectivity index (χ1v) is 80.7. The Morgan fingerprint density at radius 2 is 0.417 bits per heavy atom. The third-order valence-electron chi connectivity index (χ3n) is 34.1. The van der Waals surface area contributed by atoms with Gasteiger partial charge >= 0.3 is 234 Å². The quantitative estimate of drug-likeness (QED) is 0.0712. The molecule has 1 N–H and O–H groups in total. The van der Waals surface area contributed by atoms with Crippen LogP contribution in [0.3, 0.4) is 0 Å². The van der Waals surface area contributed by atoms with E-state index in [1.807, 2.05) is 102 Å². The van der Waals surface area contributed by atoms with Crippen LogP contribution in [-0.2, 0) is 40.6 Å². The Morgan fingerprint density at radius 1 is 0.244 bits per heavy atom. The second-order valence-corrected chi connectivity index (χ2v) is 78.4. The van der Waals surface area contributed by atoms with Crippen molar-refractivity contribution in [2.24, 2.45) is 0 Å². The molecular formula is C112H197Cl6OP5Ru3+6. The Balaban J connectivity index is 0.000000153. The van der Waals surface area contributed by atoms with E-state index < -0.39 is 40.6 Å². The molecule has 0 saturated heterocycles. The van der Waals surface area contributed by atoms with E-state index in [0.717, 1.165) is 16.9 Å². The summed E-state index contributed by atoms with van der Waals surface area (Å²) in [7, 11) is 33.8. The van der Waals surface area contributed by atoms with Crippen molar-refractivity contribution in [2.75, 3.05) is 0 Å². The van der Waals surface area contributed by atoms with E-state index in [1.54, 1.807) is 482 Å². The predicted octanol–water partition coefficient (Wildman–Crippen LogP) is 39.8. The molecule has 0 aliphatic heterocycles. The average molecular weight is 2230 g/mol. The standard InChI is InChI=1S/5C18H33P.C10H12O.C7H6.C5H8.6ClH.3Ru/c5*1-4-10-16(11-5-1)19(17-12-6-2-7-13-17)18-14-8-3-9-15-18;1-8(2)11-10-7-5-4-6-9(10)3;1-7-5-3-2-4-6-7;1-4-5(2)3;;;;;;;;;/h5*16-18H,1-15H2;3-8H,1-2H3;1-6H;1,4H,2-3H3;6*1H;;;/q;;;;;;;;;;;;;;3*+2. The Bertz CT molecular complexity index is 2640. The number of allylic oxidation sites excluding steroid dienone is 2. The molecule has 15 aliphatic rings. The molecule has 0 bridgehead atoms. The van der Waals surface area contributed by atoms with Gasteiger partial charge in [0, 0.05) is 39.6 Å². The summed E-state index contributed by atoms with van der Waals surface area (Å²) in [6.07, 6.45) is 121. The number of para-hydroxylation sites is 1. The number of hydrogen-bond acceptors (Lipinski definition) is 0. The van der Waals surface area contributed by atoms with Gasteiger partial charge in [-0.3, -0.25) is 0 Å². The molecule has 15 fully saturated rings. The van der Waals surface area contributed by atoms with Crippen LogP contribution in [-0.4, -0.2) is 110 Å². The zero-order valence-electron chi connectivity index (χ0n) is 82.1. The normalized spacial score (nSPS) is 24.4. The van der Waals surface area contributed by atoms with Crippen LogP contribution < -0.4 is 0 Å². The van der Waals surface area contributed by atoms with Crippen LogP contribution in [0, 0.1) is 0 Å². The summed E-state index contributed by atoms with van der Waals surface area (Å²) in [6, 6.07) is 17.8. The van der Waals surface area contributed by atoms with Crippen molar-refractivity contribution in [1.82, 2.24) is 0 Å². The van der Waals surface area contributed by atoms with Crippen LogP contribution in [0.4, 0.5) is 0 Å². The second kappa shape index (κ2) is 68.5. The van der Waals surface area contributed by atoms with E-state index in [4.69, 9.17) is 58.1 Å². The predicted molar refractivity (Wildman–Crippen MR) is 585 cm³/mol. The molecule has 15 aliphatic carbocycles. The fourth-order valence-corrected chi connectivity index (χ4v) is 59.5. The van der Waals surface area contributed by atoms with Crippen LogP contribution in [0.1, 0.15) is 520 Å². The van der Waals surface area contributed by atoms with Gasteiger partial charge in [0.1, 0.15) is 0 Å². The van der Waals surface area contributed by atoms with Crippen molar-refractivity contribution >= 4 is 112 Å². The van der Waals surface area contributed by atoms with Gasteiger partial charge in [0.2, 0.25) is 0 Å². The SMILES string of the molecule is C1CCC([PH+](C2CCCCC2)C2CCCCC2)CC1.C1CCC([PH+](C2CCCCC2)C2CCCCC2)CC1.C1CCC([PH+](C2CCCCC2)C2CCCCC2)CC1.C1CCC([PH+](C2CCCCC2)C2CCCCC2)CC1.C1CCC([PH+](C2CCCCC2)C2CCCCC2)CC1.CC(C)=C[CH]=[Ru]([Cl])[Cl].CC(C)[OH+]c1ccccc1[CH]=[Ru]([Cl])[Cl].[Cl][Ru]([Cl])=[CH]c1ccccc1. The summed E-state index contributed by atoms with van der Waals surface area (Å²) in [4.78, 5) is 0. The number of rotatable bonds is 20. The Hall–Kier alpha value is 3.35. The Morgan fingerprint density at radius 3 is 0.567 bits per heavy atom. The summed E-state index contributed by atoms with van der Waals surface area (Å²) in [5, 5.41) is 0. The molecule has 0 spiro atoms. The van der Waals surface area contributed by atoms with Crippen LogP contribution in [0.5, 0.6) is 5.75 Å². The number of hydrogen-bond donors (Lipinski definition) is 0. The molecule has 0 amide bonds. The van der Waals surface area contributed by atoms with Crippen molar-refractivity contribution in [3.63, 3.8) is 0 Å². The molecule has 2 aromatic rings. The van der Waals surface area contributed by atoms with Gasteiger partial charge in [0.25, 0.3) is 0 Å². The van der Waals surface area contributed by atoms with Gasteiger partial charge in [-0.15, -0.1) is 0 Å². The van der Waals surface area contributed by atoms with Gasteiger partial charge in [0.05, 0.1) is 84.9 Å². The molecule has 0 unspecified atom stereocenters. The monoisotopic (exact) mass is 2230 g/mol. The first-order chi connectivity index (χ1) is 62.3. The van der Waals surface area contributed by atoms with E-state index in [2.05, 4.69) is 4.74 Å². The van der Waals surface area contributed by atoms with Crippen molar-refractivity contribution in [3.8, 4) is 5.75 Å². The van der Waals surface area contributed by atoms with E-state index in [0.29, 0.717) is 0 Å². The minimum atomic E-state index is -1.75. The molecule has 2 aromatic carbocycles. The zero-order valence-corrected chi connectivity index (χ0v) is 96.8. The first-order valence-electron chi connectivity index (χ1n) is 55.6. The average Bonchev–Trinajstić information content (AvgIpc) is 0.839. The molecule has 17 rings (SSSR count). The van der Waals surface area contributed by atoms with Gasteiger partial charge in [-0.2, -0.15) is 0 Å². The van der Waals surface area contributed by atoms with Gasteiger partial charge in [0.15, 0.2) is 0 Å². The number of aliphatic hydroxyl groups is 1. The molecule has 1 nitrogen and oxygen atoms in total. The fourth-order valence-electron chi connectivity index (χ4n) is 28.4. The Labute approximate surface area is 831 Å². The molecular weight excluding hydrogens is 2030 g/mol. The van der Waals surface area contributed by atoms with E-state index in [1.165, 1.54) is 90.5 Å². The topological polar surface area (TPSA) is 12.8 Å². The maximum absolute atomic E-state index is 5.83. The molecule has 0 heterocycles. The molecule has 15 heteroatoms. The first kappa shape index (κ1) is 112. The summed E-state index contributed by atoms with van der Waals surface area (Å²) in [5.41, 5.74) is 21.8. The van der Waals surface area contributed by atoms with E-state index >= 15 is 0 Å². The van der Waals surface area contributed by atoms with Gasteiger partial charge < -0.3 is 0 Å². The van der Waals surface area contributed by atoms with Crippen LogP contribution in [0.15, 0.2) is 66.2 Å². The van der Waals surface area contributed by atoms with Crippen molar-refractivity contribution < 1.29 is 45.3 Å². The molecule has 736 valence electrons. The summed E-state index contributed by atoms with van der Waals surface area (Å²) < 4.78 is 10.2.